The largest absolute Gasteiger partial charge is 0.490 e. The lowest BCUT2D eigenvalue weighted by molar-refractivity contribution is -0.143. The first-order valence-corrected chi connectivity index (χ1v) is 5.38. The zero-order valence-electron chi connectivity index (χ0n) is 9.19. The molecule has 0 radical (unpaired) electrons. The van der Waals surface area contributed by atoms with Gasteiger partial charge in [0.25, 0.3) is 0 Å². The molecule has 15 heavy (non-hydrogen) atoms. The van der Waals surface area contributed by atoms with Crippen LogP contribution in [0.25, 0.3) is 0 Å². The molecular formula is C13H16O2. The number of rotatable bonds is 3. The Balaban J connectivity index is 2.04. The van der Waals surface area contributed by atoms with Gasteiger partial charge in [0.2, 0.25) is 0 Å². The molecule has 80 valence electrons. The molecule has 1 aromatic carbocycles. The molecule has 1 aliphatic rings. The lowest BCUT2D eigenvalue weighted by atomic mass is 9.66. The van der Waals surface area contributed by atoms with Gasteiger partial charge in [-0.2, -0.15) is 0 Å². The van der Waals surface area contributed by atoms with Crippen molar-refractivity contribution in [3.63, 3.8) is 0 Å². The quantitative estimate of drug-likeness (QED) is 0.756. The van der Waals surface area contributed by atoms with Crippen molar-refractivity contribution in [1.29, 1.82) is 0 Å². The lowest BCUT2D eigenvalue weighted by Crippen LogP contribution is -2.48. The van der Waals surface area contributed by atoms with Crippen molar-refractivity contribution in [1.82, 2.24) is 0 Å². The second kappa shape index (κ2) is 3.69. The molecule has 1 aromatic rings. The van der Waals surface area contributed by atoms with E-state index < -0.39 is 0 Å². The fraction of sp³-hybridized carbons (Fsp3) is 0.462. The molecule has 0 aromatic heterocycles. The molecule has 2 atom stereocenters. The first kappa shape index (κ1) is 10.2. The topological polar surface area (TPSA) is 26.3 Å². The third-order valence-corrected chi connectivity index (χ3v) is 3.46. The van der Waals surface area contributed by atoms with Gasteiger partial charge >= 0.3 is 0 Å². The maximum absolute atomic E-state index is 11.5. The van der Waals surface area contributed by atoms with Crippen molar-refractivity contribution in [2.45, 2.75) is 32.8 Å². The van der Waals surface area contributed by atoms with E-state index in [9.17, 15) is 4.79 Å². The Bertz CT molecular complexity index is 358. The van der Waals surface area contributed by atoms with Crippen LogP contribution < -0.4 is 4.74 Å². The number of Topliss-reactive ketones (excluding diaryl/α,β-unsaturated/α-hetero) is 1. The summed E-state index contributed by atoms with van der Waals surface area (Å²) in [6, 6.07) is 9.67. The van der Waals surface area contributed by atoms with Gasteiger partial charge in [-0.1, -0.05) is 18.2 Å². The second-order valence-corrected chi connectivity index (χ2v) is 4.41. The standard InChI is InChI=1S/C13H16O2/c1-10(13(2)9-8-12(13)14)15-11-6-4-3-5-7-11/h3-7,10H,8-9H2,1-2H3/t10-,13-/m0/s1. The highest BCUT2D eigenvalue weighted by molar-refractivity contribution is 5.90. The number of ketones is 1. The molecule has 0 bridgehead atoms. The molecule has 1 aliphatic carbocycles. The van der Waals surface area contributed by atoms with E-state index in [0.717, 1.165) is 12.2 Å². The van der Waals surface area contributed by atoms with Crippen LogP contribution in [0.1, 0.15) is 26.7 Å². The Morgan fingerprint density at radius 3 is 2.47 bits per heavy atom. The number of hydrogen-bond donors (Lipinski definition) is 0. The van der Waals surface area contributed by atoms with Gasteiger partial charge in [-0.25, -0.2) is 0 Å². The summed E-state index contributed by atoms with van der Waals surface area (Å²) < 4.78 is 5.77. The molecule has 2 rings (SSSR count). The van der Waals surface area contributed by atoms with Crippen LogP contribution in [0.2, 0.25) is 0 Å². The van der Waals surface area contributed by atoms with Gasteiger partial charge in [0.15, 0.2) is 0 Å². The first-order valence-electron chi connectivity index (χ1n) is 5.38. The van der Waals surface area contributed by atoms with Crippen molar-refractivity contribution in [2.75, 3.05) is 0 Å². The summed E-state index contributed by atoms with van der Waals surface area (Å²) in [7, 11) is 0. The number of para-hydroxylation sites is 1. The molecule has 1 fully saturated rings. The number of hydrogen-bond acceptors (Lipinski definition) is 2. The van der Waals surface area contributed by atoms with Gasteiger partial charge in [0.1, 0.15) is 17.6 Å². The average molecular weight is 204 g/mol. The van der Waals surface area contributed by atoms with E-state index in [-0.39, 0.29) is 11.5 Å². The molecule has 0 saturated heterocycles. The highest BCUT2D eigenvalue weighted by atomic mass is 16.5. The molecule has 2 heteroatoms. The number of carbonyl (C=O) groups is 1. The van der Waals surface area contributed by atoms with Crippen LogP contribution in [0.3, 0.4) is 0 Å². The van der Waals surface area contributed by atoms with Crippen LogP contribution in [0, 0.1) is 5.41 Å². The van der Waals surface area contributed by atoms with E-state index in [0.29, 0.717) is 12.2 Å². The summed E-state index contributed by atoms with van der Waals surface area (Å²) in [5.74, 6) is 1.16. The highest BCUT2D eigenvalue weighted by Crippen LogP contribution is 2.41. The van der Waals surface area contributed by atoms with E-state index in [1.54, 1.807) is 0 Å². The van der Waals surface area contributed by atoms with Crippen LogP contribution >= 0.6 is 0 Å². The van der Waals surface area contributed by atoms with E-state index in [2.05, 4.69) is 0 Å². The molecule has 0 heterocycles. The summed E-state index contributed by atoms with van der Waals surface area (Å²) in [5.41, 5.74) is -0.268. The van der Waals surface area contributed by atoms with Crippen LogP contribution in [0.5, 0.6) is 5.75 Å². The summed E-state index contributed by atoms with van der Waals surface area (Å²) in [4.78, 5) is 11.5. The van der Waals surface area contributed by atoms with Crippen molar-refractivity contribution >= 4 is 5.78 Å². The fourth-order valence-electron chi connectivity index (χ4n) is 1.88. The average Bonchev–Trinajstić information content (AvgIpc) is 2.27. The number of ether oxygens (including phenoxy) is 1. The Labute approximate surface area is 90.3 Å². The predicted molar refractivity (Wildman–Crippen MR) is 58.9 cm³/mol. The zero-order valence-corrected chi connectivity index (χ0v) is 9.19. The van der Waals surface area contributed by atoms with Crippen molar-refractivity contribution in [2.24, 2.45) is 5.41 Å². The van der Waals surface area contributed by atoms with Gasteiger partial charge in [-0.15, -0.1) is 0 Å². The van der Waals surface area contributed by atoms with E-state index in [1.807, 2.05) is 44.2 Å². The van der Waals surface area contributed by atoms with Crippen LogP contribution in [-0.2, 0) is 4.79 Å². The van der Waals surface area contributed by atoms with Crippen molar-refractivity contribution in [3.05, 3.63) is 30.3 Å². The Morgan fingerprint density at radius 2 is 2.00 bits per heavy atom. The lowest BCUT2D eigenvalue weighted by Gasteiger charge is -2.41. The van der Waals surface area contributed by atoms with E-state index >= 15 is 0 Å². The van der Waals surface area contributed by atoms with Crippen molar-refractivity contribution < 1.29 is 9.53 Å². The molecule has 0 unspecified atom stereocenters. The van der Waals surface area contributed by atoms with Gasteiger partial charge in [-0.05, 0) is 32.4 Å². The number of carbonyl (C=O) groups excluding carboxylic acids is 1. The Kier molecular flexibility index (Phi) is 2.51. The van der Waals surface area contributed by atoms with Crippen LogP contribution in [0.15, 0.2) is 30.3 Å². The third-order valence-electron chi connectivity index (χ3n) is 3.46. The highest BCUT2D eigenvalue weighted by Gasteiger charge is 2.47. The Hall–Kier alpha value is -1.31. The molecule has 0 amide bonds. The maximum Gasteiger partial charge on any atom is 0.142 e. The minimum Gasteiger partial charge on any atom is -0.490 e. The van der Waals surface area contributed by atoms with Crippen molar-refractivity contribution in [3.8, 4) is 5.75 Å². The minimum absolute atomic E-state index is 0.0406. The summed E-state index contributed by atoms with van der Waals surface area (Å²) in [5, 5.41) is 0. The van der Waals surface area contributed by atoms with Crippen LogP contribution in [-0.4, -0.2) is 11.9 Å². The summed E-state index contributed by atoms with van der Waals surface area (Å²) >= 11 is 0. The molecule has 0 N–H and O–H groups in total. The van der Waals surface area contributed by atoms with Gasteiger partial charge in [0.05, 0.1) is 5.41 Å². The maximum atomic E-state index is 11.5. The fourth-order valence-corrected chi connectivity index (χ4v) is 1.88. The molecule has 0 aliphatic heterocycles. The van der Waals surface area contributed by atoms with E-state index in [1.165, 1.54) is 0 Å². The van der Waals surface area contributed by atoms with Crippen LogP contribution in [0.4, 0.5) is 0 Å². The summed E-state index contributed by atoms with van der Waals surface area (Å²) in [6.07, 6.45) is 1.61. The van der Waals surface area contributed by atoms with Gasteiger partial charge < -0.3 is 4.74 Å². The zero-order chi connectivity index (χ0) is 10.9. The number of benzene rings is 1. The minimum atomic E-state index is -0.268. The second-order valence-electron chi connectivity index (χ2n) is 4.41. The Morgan fingerprint density at radius 1 is 1.33 bits per heavy atom. The van der Waals surface area contributed by atoms with E-state index in [4.69, 9.17) is 4.74 Å². The third kappa shape index (κ3) is 1.76. The molecular weight excluding hydrogens is 188 g/mol. The first-order chi connectivity index (χ1) is 7.13. The molecule has 2 nitrogen and oxygen atoms in total. The molecule has 0 spiro atoms. The normalized spacial score (nSPS) is 26.9. The smallest absolute Gasteiger partial charge is 0.142 e. The van der Waals surface area contributed by atoms with Gasteiger partial charge in [0, 0.05) is 6.42 Å². The summed E-state index contributed by atoms with van der Waals surface area (Å²) in [6.45, 7) is 3.97. The molecule has 1 saturated carbocycles. The van der Waals surface area contributed by atoms with Gasteiger partial charge in [-0.3, -0.25) is 4.79 Å². The SMILES string of the molecule is C[C@H](Oc1ccccc1)[C@]1(C)CCC1=O. The monoisotopic (exact) mass is 204 g/mol. The predicted octanol–water partition coefficient (Wildman–Crippen LogP) is 2.82.